The molecule has 0 aliphatic heterocycles. The van der Waals surface area contributed by atoms with E-state index in [-0.39, 0.29) is 0 Å². The summed E-state index contributed by atoms with van der Waals surface area (Å²) in [5.41, 5.74) is 0. The van der Waals surface area contributed by atoms with Gasteiger partial charge in [0.25, 0.3) is 0 Å². The minimum Gasteiger partial charge on any atom is -0.253 e. The van der Waals surface area contributed by atoms with E-state index in [1.807, 2.05) is 32.3 Å². The third kappa shape index (κ3) is 3.18. The van der Waals surface area contributed by atoms with Crippen molar-refractivity contribution in [1.29, 1.82) is 0 Å². The van der Waals surface area contributed by atoms with Gasteiger partial charge in [0.2, 0.25) is 0 Å². The summed E-state index contributed by atoms with van der Waals surface area (Å²) in [6.07, 6.45) is 0. The van der Waals surface area contributed by atoms with Crippen molar-refractivity contribution < 1.29 is 0 Å². The third-order valence-corrected chi connectivity index (χ3v) is 2.21. The highest BCUT2D eigenvalue weighted by Gasteiger charge is 1.94. The molecule has 0 bridgehead atoms. The van der Waals surface area contributed by atoms with Gasteiger partial charge in [-0.1, -0.05) is 6.07 Å². The maximum Gasteiger partial charge on any atom is 0.0241 e. The summed E-state index contributed by atoms with van der Waals surface area (Å²) < 4.78 is 2.06. The predicted octanol–water partition coefficient (Wildman–Crippen LogP) is 2.54. The van der Waals surface area contributed by atoms with Crippen LogP contribution in [0.3, 0.4) is 0 Å². The molecule has 0 atom stereocenters. The molecule has 0 aliphatic rings. The molecule has 0 fully saturated rings. The fourth-order valence-electron chi connectivity index (χ4n) is 0.751. The van der Waals surface area contributed by atoms with Gasteiger partial charge in [0.15, 0.2) is 0 Å². The van der Waals surface area contributed by atoms with Gasteiger partial charge >= 0.3 is 0 Å². The summed E-state index contributed by atoms with van der Waals surface area (Å²) in [7, 11) is 4.05. The van der Waals surface area contributed by atoms with Gasteiger partial charge in [0.1, 0.15) is 0 Å². The summed E-state index contributed by atoms with van der Waals surface area (Å²) in [4.78, 5) is 2.24. The number of thiol groups is 1. The Bertz CT molecular complexity index is 235. The quantitative estimate of drug-likeness (QED) is 0.557. The van der Waals surface area contributed by atoms with Crippen molar-refractivity contribution in [3.8, 4) is 0 Å². The van der Waals surface area contributed by atoms with Crippen LogP contribution in [-0.2, 0) is 0 Å². The molecule has 1 rings (SSSR count). The Kier molecular flexibility index (Phi) is 3.30. The Hall–Kier alpha value is -0.120. The lowest BCUT2D eigenvalue weighted by molar-refractivity contribution is 0.702. The van der Waals surface area contributed by atoms with Crippen LogP contribution in [-0.4, -0.2) is 18.4 Å². The Balaban J connectivity index is 2.71. The number of benzene rings is 1. The van der Waals surface area contributed by atoms with E-state index in [1.165, 1.54) is 4.90 Å². The van der Waals surface area contributed by atoms with Gasteiger partial charge in [-0.25, -0.2) is 0 Å². The molecule has 11 heavy (non-hydrogen) atoms. The molecule has 0 spiro atoms. The number of rotatable bonds is 2. The van der Waals surface area contributed by atoms with Crippen LogP contribution < -0.4 is 0 Å². The number of hydrogen-bond donors (Lipinski definition) is 1. The molecule has 60 valence electrons. The SMILES string of the molecule is CN(C)Sc1cccc(S)c1. The average Bonchev–Trinajstić information content (AvgIpc) is 1.85. The molecule has 1 aromatic rings. The standard InChI is InChI=1S/C8H11NS2/c1-9(2)11-8-5-3-4-7(10)6-8/h3-6,10H,1-2H3. The Morgan fingerprint density at radius 1 is 1.36 bits per heavy atom. The summed E-state index contributed by atoms with van der Waals surface area (Å²) >= 11 is 5.94. The first-order valence-electron chi connectivity index (χ1n) is 3.33. The van der Waals surface area contributed by atoms with E-state index in [0.29, 0.717) is 0 Å². The van der Waals surface area contributed by atoms with Crippen LogP contribution in [0.2, 0.25) is 0 Å². The van der Waals surface area contributed by atoms with E-state index < -0.39 is 0 Å². The van der Waals surface area contributed by atoms with Crippen LogP contribution in [0.25, 0.3) is 0 Å². The molecular formula is C8H11NS2. The monoisotopic (exact) mass is 185 g/mol. The van der Waals surface area contributed by atoms with E-state index in [1.54, 1.807) is 11.9 Å². The normalized spacial score (nSPS) is 10.5. The molecule has 0 unspecified atom stereocenters. The van der Waals surface area contributed by atoms with Gasteiger partial charge in [-0.2, -0.15) is 0 Å². The Morgan fingerprint density at radius 2 is 2.09 bits per heavy atom. The first-order chi connectivity index (χ1) is 5.18. The molecule has 3 heteroatoms. The van der Waals surface area contributed by atoms with Crippen molar-refractivity contribution in [2.45, 2.75) is 9.79 Å². The molecular weight excluding hydrogens is 174 g/mol. The minimum absolute atomic E-state index is 1.01. The average molecular weight is 185 g/mol. The summed E-state index contributed by atoms with van der Waals surface area (Å²) in [6.45, 7) is 0. The second-order valence-electron chi connectivity index (χ2n) is 2.40. The van der Waals surface area contributed by atoms with Crippen molar-refractivity contribution in [2.75, 3.05) is 14.1 Å². The second-order valence-corrected chi connectivity index (χ2v) is 4.30. The lowest BCUT2D eigenvalue weighted by Crippen LogP contribution is -1.98. The van der Waals surface area contributed by atoms with Crippen LogP contribution in [0.1, 0.15) is 0 Å². The number of hydrogen-bond acceptors (Lipinski definition) is 3. The molecule has 0 saturated carbocycles. The van der Waals surface area contributed by atoms with E-state index >= 15 is 0 Å². The minimum atomic E-state index is 1.01. The highest BCUT2D eigenvalue weighted by atomic mass is 32.2. The predicted molar refractivity (Wildman–Crippen MR) is 53.2 cm³/mol. The van der Waals surface area contributed by atoms with Crippen molar-refractivity contribution in [3.63, 3.8) is 0 Å². The maximum atomic E-state index is 4.24. The second kappa shape index (κ2) is 4.04. The molecule has 0 aliphatic carbocycles. The van der Waals surface area contributed by atoms with Gasteiger partial charge < -0.3 is 0 Å². The summed E-state index contributed by atoms with van der Waals surface area (Å²) in [5, 5.41) is 0. The topological polar surface area (TPSA) is 3.24 Å². The highest BCUT2D eigenvalue weighted by molar-refractivity contribution is 7.97. The smallest absolute Gasteiger partial charge is 0.0241 e. The van der Waals surface area contributed by atoms with Crippen LogP contribution in [0.4, 0.5) is 0 Å². The first kappa shape index (κ1) is 8.97. The highest BCUT2D eigenvalue weighted by Crippen LogP contribution is 2.21. The summed E-state index contributed by atoms with van der Waals surface area (Å²) in [6, 6.07) is 8.11. The van der Waals surface area contributed by atoms with Gasteiger partial charge in [-0.15, -0.1) is 12.6 Å². The zero-order valence-electron chi connectivity index (χ0n) is 6.61. The molecule has 0 aromatic heterocycles. The van der Waals surface area contributed by atoms with Gasteiger partial charge in [0, 0.05) is 9.79 Å². The first-order valence-corrected chi connectivity index (χ1v) is 4.55. The molecule has 0 amide bonds. The molecule has 1 nitrogen and oxygen atoms in total. The Labute approximate surface area is 77.3 Å². The molecule has 0 N–H and O–H groups in total. The van der Waals surface area contributed by atoms with Crippen LogP contribution in [0.15, 0.2) is 34.1 Å². The van der Waals surface area contributed by atoms with Gasteiger partial charge in [-0.05, 0) is 44.2 Å². The van der Waals surface area contributed by atoms with E-state index in [4.69, 9.17) is 0 Å². The third-order valence-electron chi connectivity index (χ3n) is 1.11. The van der Waals surface area contributed by atoms with Crippen LogP contribution in [0, 0.1) is 0 Å². The van der Waals surface area contributed by atoms with Crippen molar-refractivity contribution in [2.24, 2.45) is 0 Å². The lowest BCUT2D eigenvalue weighted by Gasteiger charge is -2.07. The fourth-order valence-corrected chi connectivity index (χ4v) is 1.80. The molecule has 0 saturated heterocycles. The molecule has 1 aromatic carbocycles. The largest absolute Gasteiger partial charge is 0.253 e. The van der Waals surface area contributed by atoms with E-state index in [0.717, 1.165) is 4.90 Å². The Morgan fingerprint density at radius 3 is 2.64 bits per heavy atom. The van der Waals surface area contributed by atoms with Gasteiger partial charge in [-0.3, -0.25) is 4.31 Å². The lowest BCUT2D eigenvalue weighted by atomic mass is 10.4. The van der Waals surface area contributed by atoms with Crippen molar-refractivity contribution >= 4 is 24.6 Å². The van der Waals surface area contributed by atoms with Gasteiger partial charge in [0.05, 0.1) is 0 Å². The zero-order valence-corrected chi connectivity index (χ0v) is 8.32. The van der Waals surface area contributed by atoms with E-state index in [2.05, 4.69) is 23.0 Å². The van der Waals surface area contributed by atoms with Crippen LogP contribution >= 0.6 is 24.6 Å². The number of nitrogens with zero attached hydrogens (tertiary/aromatic N) is 1. The van der Waals surface area contributed by atoms with E-state index in [9.17, 15) is 0 Å². The van der Waals surface area contributed by atoms with Crippen molar-refractivity contribution in [1.82, 2.24) is 4.31 Å². The summed E-state index contributed by atoms with van der Waals surface area (Å²) in [5.74, 6) is 0. The molecule has 0 radical (unpaired) electrons. The fraction of sp³-hybridized carbons (Fsp3) is 0.250. The zero-order chi connectivity index (χ0) is 8.27. The van der Waals surface area contributed by atoms with Crippen LogP contribution in [0.5, 0.6) is 0 Å². The van der Waals surface area contributed by atoms with Crippen molar-refractivity contribution in [3.05, 3.63) is 24.3 Å². The molecule has 0 heterocycles. The maximum absolute atomic E-state index is 4.24.